The lowest BCUT2D eigenvalue weighted by Gasteiger charge is -2.35. The van der Waals surface area contributed by atoms with Crippen LogP contribution in [-0.2, 0) is 0 Å². The van der Waals surface area contributed by atoms with Crippen LogP contribution in [0.2, 0.25) is 0 Å². The first-order chi connectivity index (χ1) is 19.4. The smallest absolute Gasteiger partial charge is 0.228 e. The topological polar surface area (TPSA) is 84.2 Å². The van der Waals surface area contributed by atoms with Crippen molar-refractivity contribution in [2.45, 2.75) is 33.7 Å². The summed E-state index contributed by atoms with van der Waals surface area (Å²) in [6.45, 7) is 13.9. The molecule has 206 valence electrons. The molecule has 9 nitrogen and oxygen atoms in total. The summed E-state index contributed by atoms with van der Waals surface area (Å²) in [5, 5.41) is 10.1. The van der Waals surface area contributed by atoms with Crippen LogP contribution in [0.3, 0.4) is 0 Å². The summed E-state index contributed by atoms with van der Waals surface area (Å²) < 4.78 is 7.60. The van der Waals surface area contributed by atoms with E-state index in [1.54, 1.807) is 7.11 Å². The summed E-state index contributed by atoms with van der Waals surface area (Å²) in [7, 11) is 1.70. The standard InChI is InChI=1S/C31H36N8O/c1-6-37-9-11-38(12-10-37)24-7-8-28(32-18-24)35-31-33-17-23-16-26(22-13-21(4)14-25(15-22)40-5)27-19-34-39(20(2)3)30(27)29(23)36-31/h7-8,13-20H,6,9-12H2,1-5H3,(H,32,33,35,36). The van der Waals surface area contributed by atoms with E-state index in [1.165, 1.54) is 0 Å². The first-order valence-electron chi connectivity index (χ1n) is 14.0. The van der Waals surface area contributed by atoms with Crippen LogP contribution in [0.4, 0.5) is 17.5 Å². The van der Waals surface area contributed by atoms with E-state index in [0.717, 1.165) is 82.7 Å². The van der Waals surface area contributed by atoms with Crippen LogP contribution in [0.5, 0.6) is 5.75 Å². The molecule has 0 unspecified atom stereocenters. The predicted octanol–water partition coefficient (Wildman–Crippen LogP) is 5.82. The van der Waals surface area contributed by atoms with Crippen molar-refractivity contribution in [1.29, 1.82) is 0 Å². The van der Waals surface area contributed by atoms with Gasteiger partial charge in [0, 0.05) is 49.2 Å². The summed E-state index contributed by atoms with van der Waals surface area (Å²) in [4.78, 5) is 19.1. The van der Waals surface area contributed by atoms with Crippen LogP contribution in [-0.4, -0.2) is 69.5 Å². The van der Waals surface area contributed by atoms with Gasteiger partial charge in [-0.05, 0) is 74.3 Å². The molecule has 4 heterocycles. The molecule has 9 heteroatoms. The largest absolute Gasteiger partial charge is 0.497 e. The second-order valence-electron chi connectivity index (χ2n) is 10.7. The zero-order valence-electron chi connectivity index (χ0n) is 23.8. The number of aromatic nitrogens is 5. The zero-order valence-corrected chi connectivity index (χ0v) is 23.8. The molecule has 0 saturated carbocycles. The van der Waals surface area contributed by atoms with Gasteiger partial charge in [0.2, 0.25) is 5.95 Å². The van der Waals surface area contributed by atoms with E-state index >= 15 is 0 Å². The van der Waals surface area contributed by atoms with Gasteiger partial charge in [-0.2, -0.15) is 5.10 Å². The highest BCUT2D eigenvalue weighted by atomic mass is 16.5. The van der Waals surface area contributed by atoms with Gasteiger partial charge >= 0.3 is 0 Å². The molecule has 0 atom stereocenters. The molecule has 3 aromatic heterocycles. The normalized spacial score (nSPS) is 14.4. The van der Waals surface area contributed by atoms with Gasteiger partial charge in [-0.15, -0.1) is 0 Å². The molecule has 1 saturated heterocycles. The van der Waals surface area contributed by atoms with Crippen molar-refractivity contribution in [3.63, 3.8) is 0 Å². The molecule has 0 amide bonds. The van der Waals surface area contributed by atoms with E-state index in [2.05, 4.69) is 77.0 Å². The lowest BCUT2D eigenvalue weighted by molar-refractivity contribution is 0.271. The Hall–Kier alpha value is -4.24. The second-order valence-corrected chi connectivity index (χ2v) is 10.7. The number of nitrogens with zero attached hydrogens (tertiary/aromatic N) is 7. The molecule has 1 fully saturated rings. The van der Waals surface area contributed by atoms with Crippen molar-refractivity contribution < 1.29 is 4.74 Å². The third-order valence-corrected chi connectivity index (χ3v) is 7.69. The molecule has 0 aliphatic carbocycles. The van der Waals surface area contributed by atoms with E-state index in [4.69, 9.17) is 14.8 Å². The first-order valence-corrected chi connectivity index (χ1v) is 14.0. The third kappa shape index (κ3) is 4.93. The van der Waals surface area contributed by atoms with E-state index in [0.29, 0.717) is 11.8 Å². The number of fused-ring (bicyclic) bond motifs is 3. The molecule has 0 radical (unpaired) electrons. The summed E-state index contributed by atoms with van der Waals surface area (Å²) in [5.41, 5.74) is 6.28. The maximum atomic E-state index is 5.56. The Bertz CT molecular complexity index is 1650. The maximum Gasteiger partial charge on any atom is 0.228 e. The average Bonchev–Trinajstić information content (AvgIpc) is 3.43. The first kappa shape index (κ1) is 26.0. The van der Waals surface area contributed by atoms with Crippen molar-refractivity contribution in [1.82, 2.24) is 29.6 Å². The molecular weight excluding hydrogens is 500 g/mol. The fourth-order valence-corrected chi connectivity index (χ4v) is 5.51. The Morgan fingerprint density at radius 2 is 1.80 bits per heavy atom. The van der Waals surface area contributed by atoms with Crippen molar-refractivity contribution in [3.05, 3.63) is 60.6 Å². The van der Waals surface area contributed by atoms with E-state index < -0.39 is 0 Å². The third-order valence-electron chi connectivity index (χ3n) is 7.69. The molecule has 1 N–H and O–H groups in total. The Morgan fingerprint density at radius 3 is 2.50 bits per heavy atom. The molecule has 6 rings (SSSR count). The molecule has 1 aliphatic rings. The van der Waals surface area contributed by atoms with Gasteiger partial charge < -0.3 is 19.9 Å². The number of ether oxygens (including phenoxy) is 1. The molecule has 2 aromatic carbocycles. The van der Waals surface area contributed by atoms with Gasteiger partial charge in [-0.1, -0.05) is 13.0 Å². The molecule has 1 aliphatic heterocycles. The lowest BCUT2D eigenvalue weighted by atomic mass is 9.98. The van der Waals surface area contributed by atoms with Crippen LogP contribution in [0, 0.1) is 6.92 Å². The number of nitrogens with one attached hydrogen (secondary N) is 1. The summed E-state index contributed by atoms with van der Waals surface area (Å²) in [6, 6.07) is 12.7. The summed E-state index contributed by atoms with van der Waals surface area (Å²) in [6.07, 6.45) is 5.74. The number of hydrogen-bond donors (Lipinski definition) is 1. The molecule has 0 spiro atoms. The Morgan fingerprint density at radius 1 is 0.975 bits per heavy atom. The van der Waals surface area contributed by atoms with Gasteiger partial charge in [0.25, 0.3) is 0 Å². The number of likely N-dealkylation sites (N-methyl/N-ethyl adjacent to an activating group) is 1. The fraction of sp³-hybridized carbons (Fsp3) is 0.355. The highest BCUT2D eigenvalue weighted by Crippen LogP contribution is 2.37. The summed E-state index contributed by atoms with van der Waals surface area (Å²) in [5.74, 6) is 2.05. The van der Waals surface area contributed by atoms with Gasteiger partial charge in [0.05, 0.1) is 30.7 Å². The number of anilines is 3. The minimum absolute atomic E-state index is 0.169. The van der Waals surface area contributed by atoms with Crippen LogP contribution in [0.1, 0.15) is 32.4 Å². The molecule has 40 heavy (non-hydrogen) atoms. The molecule has 0 bridgehead atoms. The second kappa shape index (κ2) is 10.7. The number of benzene rings is 2. The number of methoxy groups -OCH3 is 1. The van der Waals surface area contributed by atoms with Crippen LogP contribution >= 0.6 is 0 Å². The number of aryl methyl sites for hydroxylation is 1. The van der Waals surface area contributed by atoms with Crippen LogP contribution < -0.4 is 15.0 Å². The van der Waals surface area contributed by atoms with Crippen LogP contribution in [0.15, 0.2) is 55.0 Å². The Kier molecular flexibility index (Phi) is 6.98. The van der Waals surface area contributed by atoms with Crippen LogP contribution in [0.25, 0.3) is 32.9 Å². The van der Waals surface area contributed by atoms with Crippen molar-refractivity contribution in [3.8, 4) is 16.9 Å². The monoisotopic (exact) mass is 536 g/mol. The highest BCUT2D eigenvalue weighted by molar-refractivity contribution is 6.10. The minimum atomic E-state index is 0.169. The minimum Gasteiger partial charge on any atom is -0.497 e. The van der Waals surface area contributed by atoms with Gasteiger partial charge in [-0.25, -0.2) is 15.0 Å². The average molecular weight is 537 g/mol. The van der Waals surface area contributed by atoms with Crippen molar-refractivity contribution in [2.24, 2.45) is 0 Å². The van der Waals surface area contributed by atoms with Crippen molar-refractivity contribution >= 4 is 39.3 Å². The highest BCUT2D eigenvalue weighted by Gasteiger charge is 2.19. The van der Waals surface area contributed by atoms with E-state index in [9.17, 15) is 0 Å². The lowest BCUT2D eigenvalue weighted by Crippen LogP contribution is -2.46. The number of hydrogen-bond acceptors (Lipinski definition) is 8. The van der Waals surface area contributed by atoms with E-state index in [-0.39, 0.29) is 6.04 Å². The van der Waals surface area contributed by atoms with Gasteiger partial charge in [0.1, 0.15) is 17.1 Å². The molecule has 5 aromatic rings. The number of pyridine rings is 1. The Balaban J connectivity index is 1.35. The predicted molar refractivity (Wildman–Crippen MR) is 162 cm³/mol. The van der Waals surface area contributed by atoms with Gasteiger partial charge in [0.15, 0.2) is 0 Å². The number of piperazine rings is 1. The van der Waals surface area contributed by atoms with E-state index in [1.807, 2.05) is 35.4 Å². The Labute approximate surface area is 234 Å². The maximum absolute atomic E-state index is 5.56. The zero-order chi connectivity index (χ0) is 27.8. The molecular formula is C31H36N8O. The fourth-order valence-electron chi connectivity index (χ4n) is 5.51. The number of rotatable bonds is 7. The SMILES string of the molecule is CCN1CCN(c2ccc(Nc3ncc4cc(-c5cc(C)cc(OC)c5)c5cnn(C(C)C)c5c4n3)nc2)CC1. The quantitative estimate of drug-likeness (QED) is 0.278. The van der Waals surface area contributed by atoms with Crippen molar-refractivity contribution in [2.75, 3.05) is 50.1 Å². The summed E-state index contributed by atoms with van der Waals surface area (Å²) >= 11 is 0. The van der Waals surface area contributed by atoms with Gasteiger partial charge in [-0.3, -0.25) is 4.68 Å².